The van der Waals surface area contributed by atoms with Gasteiger partial charge in [-0.25, -0.2) is 4.68 Å². The summed E-state index contributed by atoms with van der Waals surface area (Å²) in [6.07, 6.45) is -0.862. The Morgan fingerprint density at radius 1 is 1.27 bits per heavy atom. The van der Waals surface area contributed by atoms with Crippen molar-refractivity contribution in [2.45, 2.75) is 20.5 Å². The number of halogens is 3. The Bertz CT molecular complexity index is 835. The van der Waals surface area contributed by atoms with Gasteiger partial charge in [0.15, 0.2) is 11.5 Å². The first-order valence-electron chi connectivity index (χ1n) is 5.87. The Balaban J connectivity index is 0.00000176. The third-order valence-corrected chi connectivity index (χ3v) is 3.86. The van der Waals surface area contributed by atoms with E-state index < -0.39 is 23.2 Å². The zero-order valence-corrected chi connectivity index (χ0v) is 11.5. The van der Waals surface area contributed by atoms with Gasteiger partial charge in [0, 0.05) is 11.6 Å². The summed E-state index contributed by atoms with van der Waals surface area (Å²) in [6.45, 7) is 1.08. The van der Waals surface area contributed by atoms with E-state index in [4.69, 9.17) is 0 Å². The van der Waals surface area contributed by atoms with Crippen LogP contribution in [-0.4, -0.2) is 20.5 Å². The van der Waals surface area contributed by atoms with Gasteiger partial charge in [-0.2, -0.15) is 18.3 Å². The fraction of sp³-hybridized carbons (Fsp3) is 0.214. The summed E-state index contributed by atoms with van der Waals surface area (Å²) >= 11 is 1.37. The Hall–Kier alpha value is -2.22. The van der Waals surface area contributed by atoms with Crippen molar-refractivity contribution in [3.05, 3.63) is 41.3 Å². The maximum absolute atomic E-state index is 13.3. The van der Waals surface area contributed by atoms with E-state index in [0.29, 0.717) is 5.39 Å². The second-order valence-corrected chi connectivity index (χ2v) is 5.31. The van der Waals surface area contributed by atoms with Gasteiger partial charge in [0.05, 0.1) is 28.3 Å². The van der Waals surface area contributed by atoms with E-state index in [2.05, 4.69) is 10.1 Å². The van der Waals surface area contributed by atoms with Crippen molar-refractivity contribution in [1.82, 2.24) is 14.8 Å². The fourth-order valence-corrected chi connectivity index (χ4v) is 2.88. The molecule has 0 atom stereocenters. The summed E-state index contributed by atoms with van der Waals surface area (Å²) in [5.41, 5.74) is -1.32. The number of nitrogens with zero attached hydrogens (tertiary/aromatic N) is 3. The van der Waals surface area contributed by atoms with Gasteiger partial charge in [-0.1, -0.05) is 7.43 Å². The molecule has 0 bridgehead atoms. The number of Topliss-reactive ketones (excluding diaryl/α,β-unsaturated/α-hetero) is 1. The third-order valence-electron chi connectivity index (χ3n) is 3.00. The molecule has 0 aliphatic rings. The van der Waals surface area contributed by atoms with Gasteiger partial charge < -0.3 is 0 Å². The van der Waals surface area contributed by atoms with Gasteiger partial charge in [-0.15, -0.1) is 11.3 Å². The van der Waals surface area contributed by atoms with E-state index >= 15 is 0 Å². The molecular formula is C14H12F3N3OS. The van der Waals surface area contributed by atoms with Crippen LogP contribution in [0.5, 0.6) is 0 Å². The Kier molecular flexibility index (Phi) is 4.06. The van der Waals surface area contributed by atoms with E-state index in [1.54, 1.807) is 17.6 Å². The van der Waals surface area contributed by atoms with E-state index in [-0.39, 0.29) is 13.1 Å². The summed E-state index contributed by atoms with van der Waals surface area (Å²) in [6, 6.07) is 1.70. The van der Waals surface area contributed by atoms with Crippen molar-refractivity contribution in [2.24, 2.45) is 0 Å². The largest absolute Gasteiger partial charge is 0.434 e. The third kappa shape index (κ3) is 2.50. The van der Waals surface area contributed by atoms with Gasteiger partial charge >= 0.3 is 6.18 Å². The summed E-state index contributed by atoms with van der Waals surface area (Å²) in [4.78, 5) is 15.3. The minimum Gasteiger partial charge on any atom is -0.294 e. The first-order valence-corrected chi connectivity index (χ1v) is 6.75. The van der Waals surface area contributed by atoms with Crippen LogP contribution in [-0.2, 0) is 6.18 Å². The molecule has 0 aromatic carbocycles. The fourth-order valence-electron chi connectivity index (χ4n) is 2.11. The average molecular weight is 327 g/mol. The maximum atomic E-state index is 13.3. The highest BCUT2D eigenvalue weighted by Gasteiger charge is 2.40. The summed E-state index contributed by atoms with van der Waals surface area (Å²) in [5, 5.41) is 6.12. The Morgan fingerprint density at radius 2 is 2.00 bits per heavy atom. The topological polar surface area (TPSA) is 47.8 Å². The molecule has 0 unspecified atom stereocenters. The number of fused-ring (bicyclic) bond motifs is 1. The molecule has 116 valence electrons. The van der Waals surface area contributed by atoms with Crippen molar-refractivity contribution >= 4 is 27.2 Å². The quantitative estimate of drug-likeness (QED) is 0.658. The Morgan fingerprint density at radius 3 is 2.64 bits per heavy atom. The van der Waals surface area contributed by atoms with E-state index in [0.717, 1.165) is 22.5 Å². The van der Waals surface area contributed by atoms with Crippen LogP contribution in [0.2, 0.25) is 0 Å². The number of rotatable bonds is 2. The first kappa shape index (κ1) is 16.2. The van der Waals surface area contributed by atoms with E-state index in [1.807, 2.05) is 0 Å². The molecule has 4 nitrogen and oxygen atoms in total. The molecule has 0 aliphatic carbocycles. The van der Waals surface area contributed by atoms with Crippen LogP contribution in [0.15, 0.2) is 30.0 Å². The molecule has 3 heterocycles. The lowest BCUT2D eigenvalue weighted by atomic mass is 10.1. The lowest BCUT2D eigenvalue weighted by Gasteiger charge is -2.12. The number of aromatic nitrogens is 3. The molecule has 0 amide bonds. The Labute approximate surface area is 128 Å². The number of carbonyl (C=O) groups is 1. The predicted octanol–water partition coefficient (Wildman–Crippen LogP) is 4.34. The van der Waals surface area contributed by atoms with Crippen LogP contribution in [0.25, 0.3) is 15.8 Å². The molecule has 3 rings (SSSR count). The van der Waals surface area contributed by atoms with Crippen LogP contribution in [0, 0.1) is 0 Å². The summed E-state index contributed by atoms with van der Waals surface area (Å²) in [7, 11) is 0. The molecule has 3 aromatic heterocycles. The zero-order valence-electron chi connectivity index (χ0n) is 10.7. The molecule has 8 heteroatoms. The molecule has 0 radical (unpaired) electrons. The average Bonchev–Trinajstić information content (AvgIpc) is 3.04. The smallest absolute Gasteiger partial charge is 0.294 e. The van der Waals surface area contributed by atoms with Gasteiger partial charge in [-0.05, 0) is 18.4 Å². The highest BCUT2D eigenvalue weighted by atomic mass is 32.1. The number of carbonyl (C=O) groups excluding carboxylic acids is 1. The highest BCUT2D eigenvalue weighted by molar-refractivity contribution is 7.17. The standard InChI is InChI=1S/C13H8F3N3OS.CH4/c1-7(20)9-4-18-19(12(9)13(14,15)16)10-5-17-6-11-8(10)2-3-21-11;/h2-6H,1H3;1H4. The lowest BCUT2D eigenvalue weighted by Crippen LogP contribution is -2.17. The number of alkyl halides is 3. The van der Waals surface area contributed by atoms with Gasteiger partial charge in [0.1, 0.15) is 0 Å². The molecule has 0 aliphatic heterocycles. The van der Waals surface area contributed by atoms with Crippen LogP contribution >= 0.6 is 11.3 Å². The molecule has 0 saturated carbocycles. The maximum Gasteiger partial charge on any atom is 0.434 e. The summed E-state index contributed by atoms with van der Waals surface area (Å²) in [5.74, 6) is -0.681. The van der Waals surface area contributed by atoms with Gasteiger partial charge in [0.2, 0.25) is 0 Å². The SMILES string of the molecule is C.CC(=O)c1cnn(-c2cncc3sccc23)c1C(F)(F)F. The molecule has 3 aromatic rings. The normalized spacial score (nSPS) is 11.5. The summed E-state index contributed by atoms with van der Waals surface area (Å²) < 4.78 is 41.3. The number of ketones is 1. The van der Waals surface area contributed by atoms with Crippen molar-refractivity contribution in [3.63, 3.8) is 0 Å². The minimum absolute atomic E-state index is 0. The molecule has 0 saturated heterocycles. The number of hydrogen-bond donors (Lipinski definition) is 0. The van der Waals surface area contributed by atoms with Crippen LogP contribution in [0.1, 0.15) is 30.4 Å². The number of pyridine rings is 1. The number of thiophene rings is 1. The van der Waals surface area contributed by atoms with Crippen molar-refractivity contribution in [3.8, 4) is 5.69 Å². The molecule has 0 fully saturated rings. The second kappa shape index (κ2) is 5.53. The van der Waals surface area contributed by atoms with Crippen molar-refractivity contribution in [1.29, 1.82) is 0 Å². The van der Waals surface area contributed by atoms with Crippen molar-refractivity contribution < 1.29 is 18.0 Å². The van der Waals surface area contributed by atoms with Crippen molar-refractivity contribution in [2.75, 3.05) is 0 Å². The first-order chi connectivity index (χ1) is 9.89. The van der Waals surface area contributed by atoms with Crippen LogP contribution in [0.4, 0.5) is 13.2 Å². The lowest BCUT2D eigenvalue weighted by molar-refractivity contribution is -0.143. The van der Waals surface area contributed by atoms with E-state index in [1.165, 1.54) is 17.5 Å². The van der Waals surface area contributed by atoms with Gasteiger partial charge in [-0.3, -0.25) is 9.78 Å². The molecular weight excluding hydrogens is 315 g/mol. The minimum atomic E-state index is -4.68. The predicted molar refractivity (Wildman–Crippen MR) is 78.5 cm³/mol. The van der Waals surface area contributed by atoms with Crippen LogP contribution in [0.3, 0.4) is 0 Å². The molecule has 0 spiro atoms. The monoisotopic (exact) mass is 327 g/mol. The van der Waals surface area contributed by atoms with Crippen LogP contribution < -0.4 is 0 Å². The molecule has 0 N–H and O–H groups in total. The van der Waals surface area contributed by atoms with Gasteiger partial charge in [0.25, 0.3) is 0 Å². The second-order valence-electron chi connectivity index (χ2n) is 4.36. The number of hydrogen-bond acceptors (Lipinski definition) is 4. The molecule has 22 heavy (non-hydrogen) atoms. The highest BCUT2D eigenvalue weighted by Crippen LogP contribution is 2.35. The van der Waals surface area contributed by atoms with E-state index in [9.17, 15) is 18.0 Å². The zero-order chi connectivity index (χ0) is 15.2.